The quantitative estimate of drug-likeness (QED) is 0.782. The number of rotatable bonds is 4. The first-order chi connectivity index (χ1) is 12.6. The van der Waals surface area contributed by atoms with Crippen molar-refractivity contribution in [3.8, 4) is 5.75 Å². The Labute approximate surface area is 151 Å². The summed E-state index contributed by atoms with van der Waals surface area (Å²) in [5, 5.41) is 2.83. The Bertz CT molecular complexity index is 960. The number of aryl methyl sites for hydroxylation is 1. The number of carbonyl (C=O) groups excluding carboxylic acids is 1. The summed E-state index contributed by atoms with van der Waals surface area (Å²) in [6.45, 7) is 4.00. The highest BCUT2D eigenvalue weighted by atomic mass is 16.5. The van der Waals surface area contributed by atoms with E-state index in [2.05, 4.69) is 20.2 Å². The minimum absolute atomic E-state index is 0.251. The van der Waals surface area contributed by atoms with Crippen LogP contribution in [0.1, 0.15) is 28.9 Å². The SMILES string of the molecule is COc1cc(N2CCCC2)ccc1C(=O)Nc1cn2cc(C)nc2cn1. The zero-order valence-electron chi connectivity index (χ0n) is 14.9. The zero-order valence-corrected chi connectivity index (χ0v) is 14.9. The van der Waals surface area contributed by atoms with Crippen molar-refractivity contribution in [2.75, 3.05) is 30.4 Å². The lowest BCUT2D eigenvalue weighted by atomic mass is 10.1. The van der Waals surface area contributed by atoms with Gasteiger partial charge in [0.1, 0.15) is 11.6 Å². The maximum atomic E-state index is 12.7. The van der Waals surface area contributed by atoms with Crippen LogP contribution in [0.3, 0.4) is 0 Å². The van der Waals surface area contributed by atoms with Gasteiger partial charge in [0, 0.05) is 31.0 Å². The number of amides is 1. The Morgan fingerprint density at radius 1 is 1.23 bits per heavy atom. The van der Waals surface area contributed by atoms with Crippen LogP contribution in [0.15, 0.2) is 36.8 Å². The number of ether oxygens (including phenoxy) is 1. The van der Waals surface area contributed by atoms with Gasteiger partial charge in [-0.25, -0.2) is 9.97 Å². The third-order valence-electron chi connectivity index (χ3n) is 4.60. The summed E-state index contributed by atoms with van der Waals surface area (Å²) in [5.41, 5.74) is 3.21. The van der Waals surface area contributed by atoms with Gasteiger partial charge in [-0.3, -0.25) is 4.79 Å². The van der Waals surface area contributed by atoms with Crippen LogP contribution in [0.25, 0.3) is 5.65 Å². The second kappa shape index (κ2) is 6.67. The summed E-state index contributed by atoms with van der Waals surface area (Å²) < 4.78 is 7.29. The topological polar surface area (TPSA) is 71.8 Å². The van der Waals surface area contributed by atoms with E-state index in [1.807, 2.05) is 35.7 Å². The van der Waals surface area contributed by atoms with Crippen LogP contribution in [0.2, 0.25) is 0 Å². The minimum Gasteiger partial charge on any atom is -0.496 e. The van der Waals surface area contributed by atoms with Gasteiger partial charge < -0.3 is 19.4 Å². The van der Waals surface area contributed by atoms with E-state index in [0.29, 0.717) is 17.1 Å². The van der Waals surface area contributed by atoms with Crippen molar-refractivity contribution in [3.63, 3.8) is 0 Å². The fourth-order valence-electron chi connectivity index (χ4n) is 3.31. The number of carbonyl (C=O) groups is 1. The summed E-state index contributed by atoms with van der Waals surface area (Å²) in [4.78, 5) is 23.6. The molecule has 1 aliphatic heterocycles. The van der Waals surface area contributed by atoms with Crippen LogP contribution in [-0.4, -0.2) is 40.5 Å². The first-order valence-corrected chi connectivity index (χ1v) is 8.70. The van der Waals surface area contributed by atoms with Crippen molar-refractivity contribution < 1.29 is 9.53 Å². The summed E-state index contributed by atoms with van der Waals surface area (Å²) in [7, 11) is 1.58. The van der Waals surface area contributed by atoms with E-state index in [1.54, 1.807) is 19.5 Å². The lowest BCUT2D eigenvalue weighted by Crippen LogP contribution is -2.19. The van der Waals surface area contributed by atoms with Gasteiger partial charge in [0.05, 0.1) is 30.8 Å². The Hall–Kier alpha value is -3.09. The molecule has 3 heterocycles. The van der Waals surface area contributed by atoms with Gasteiger partial charge in [-0.2, -0.15) is 0 Å². The molecule has 1 saturated heterocycles. The average Bonchev–Trinajstić information content (AvgIpc) is 3.29. The second-order valence-corrected chi connectivity index (χ2v) is 6.45. The van der Waals surface area contributed by atoms with Crippen LogP contribution in [0.4, 0.5) is 11.5 Å². The highest BCUT2D eigenvalue weighted by molar-refractivity contribution is 6.06. The smallest absolute Gasteiger partial charge is 0.260 e. The molecule has 1 fully saturated rings. The maximum absolute atomic E-state index is 12.7. The Balaban J connectivity index is 1.57. The highest BCUT2D eigenvalue weighted by Crippen LogP contribution is 2.28. The molecule has 0 unspecified atom stereocenters. The summed E-state index contributed by atoms with van der Waals surface area (Å²) in [6, 6.07) is 5.70. The number of hydrogen-bond acceptors (Lipinski definition) is 5. The lowest BCUT2D eigenvalue weighted by Gasteiger charge is -2.19. The number of fused-ring (bicyclic) bond motifs is 1. The monoisotopic (exact) mass is 351 g/mol. The van der Waals surface area contributed by atoms with Crippen LogP contribution in [0.5, 0.6) is 5.75 Å². The van der Waals surface area contributed by atoms with Gasteiger partial charge >= 0.3 is 0 Å². The van der Waals surface area contributed by atoms with E-state index in [1.165, 1.54) is 12.8 Å². The molecule has 1 N–H and O–H groups in total. The molecule has 134 valence electrons. The minimum atomic E-state index is -0.251. The van der Waals surface area contributed by atoms with Crippen LogP contribution in [-0.2, 0) is 0 Å². The van der Waals surface area contributed by atoms with Crippen molar-refractivity contribution in [3.05, 3.63) is 48.0 Å². The van der Waals surface area contributed by atoms with E-state index in [9.17, 15) is 4.79 Å². The number of nitrogens with one attached hydrogen (secondary N) is 1. The van der Waals surface area contributed by atoms with Crippen LogP contribution >= 0.6 is 0 Å². The number of imidazole rings is 1. The highest BCUT2D eigenvalue weighted by Gasteiger charge is 2.18. The largest absolute Gasteiger partial charge is 0.496 e. The fourth-order valence-corrected chi connectivity index (χ4v) is 3.31. The molecule has 3 aromatic rings. The number of anilines is 2. The Morgan fingerprint density at radius 3 is 2.81 bits per heavy atom. The van der Waals surface area contributed by atoms with Gasteiger partial charge in [0.15, 0.2) is 5.65 Å². The van der Waals surface area contributed by atoms with E-state index >= 15 is 0 Å². The van der Waals surface area contributed by atoms with Gasteiger partial charge in [-0.1, -0.05) is 0 Å². The van der Waals surface area contributed by atoms with Crippen molar-refractivity contribution in [1.29, 1.82) is 0 Å². The van der Waals surface area contributed by atoms with Crippen LogP contribution < -0.4 is 15.0 Å². The molecule has 2 aromatic heterocycles. The molecular formula is C19H21N5O2. The van der Waals surface area contributed by atoms with Gasteiger partial charge in [0.2, 0.25) is 0 Å². The molecule has 7 nitrogen and oxygen atoms in total. The zero-order chi connectivity index (χ0) is 18.1. The standard InChI is InChI=1S/C19H21N5O2/c1-13-11-24-12-17(20-10-18(24)21-13)22-19(25)15-6-5-14(9-16(15)26-2)23-7-3-4-8-23/h5-6,9-12H,3-4,7-8H2,1-2H3,(H,22,25). The van der Waals surface area contributed by atoms with Gasteiger partial charge in [-0.15, -0.1) is 0 Å². The van der Waals surface area contributed by atoms with E-state index in [-0.39, 0.29) is 5.91 Å². The van der Waals surface area contributed by atoms with Crippen molar-refractivity contribution in [1.82, 2.24) is 14.4 Å². The molecule has 1 aromatic carbocycles. The van der Waals surface area contributed by atoms with E-state index < -0.39 is 0 Å². The molecular weight excluding hydrogens is 330 g/mol. The fraction of sp³-hybridized carbons (Fsp3) is 0.316. The van der Waals surface area contributed by atoms with Crippen molar-refractivity contribution in [2.24, 2.45) is 0 Å². The molecule has 0 radical (unpaired) electrons. The summed E-state index contributed by atoms with van der Waals surface area (Å²) in [6.07, 6.45) is 7.67. The van der Waals surface area contributed by atoms with E-state index in [0.717, 1.165) is 30.1 Å². The molecule has 1 aliphatic rings. The maximum Gasteiger partial charge on any atom is 0.260 e. The average molecular weight is 351 g/mol. The summed E-state index contributed by atoms with van der Waals surface area (Å²) in [5.74, 6) is 0.774. The molecule has 0 bridgehead atoms. The molecule has 0 aliphatic carbocycles. The number of benzene rings is 1. The Morgan fingerprint density at radius 2 is 2.04 bits per heavy atom. The lowest BCUT2D eigenvalue weighted by molar-refractivity contribution is 0.102. The molecule has 0 spiro atoms. The predicted octanol–water partition coefficient (Wildman–Crippen LogP) is 2.90. The third kappa shape index (κ3) is 3.08. The molecule has 0 atom stereocenters. The summed E-state index contributed by atoms with van der Waals surface area (Å²) >= 11 is 0. The Kier molecular flexibility index (Phi) is 4.20. The predicted molar refractivity (Wildman–Crippen MR) is 100 cm³/mol. The second-order valence-electron chi connectivity index (χ2n) is 6.45. The molecule has 1 amide bonds. The normalized spacial score (nSPS) is 14.0. The molecule has 26 heavy (non-hydrogen) atoms. The van der Waals surface area contributed by atoms with E-state index in [4.69, 9.17) is 4.74 Å². The molecule has 7 heteroatoms. The van der Waals surface area contributed by atoms with Crippen LogP contribution in [0, 0.1) is 6.92 Å². The first kappa shape index (κ1) is 16.4. The first-order valence-electron chi connectivity index (χ1n) is 8.70. The molecule has 4 rings (SSSR count). The molecule has 0 saturated carbocycles. The number of nitrogens with zero attached hydrogens (tertiary/aromatic N) is 4. The third-order valence-corrected chi connectivity index (χ3v) is 4.60. The number of aromatic nitrogens is 3. The van der Waals surface area contributed by atoms with Crippen molar-refractivity contribution in [2.45, 2.75) is 19.8 Å². The van der Waals surface area contributed by atoms with Gasteiger partial charge in [-0.05, 0) is 31.9 Å². The number of methoxy groups -OCH3 is 1. The van der Waals surface area contributed by atoms with Gasteiger partial charge in [0.25, 0.3) is 5.91 Å². The van der Waals surface area contributed by atoms with Crippen molar-refractivity contribution >= 4 is 23.1 Å². The number of hydrogen-bond donors (Lipinski definition) is 1.